The molecule has 0 aromatic rings. The van der Waals surface area contributed by atoms with Gasteiger partial charge in [0, 0.05) is 13.1 Å². The molecule has 0 amide bonds. The zero-order chi connectivity index (χ0) is 12.9. The van der Waals surface area contributed by atoms with Crippen molar-refractivity contribution in [2.24, 2.45) is 5.41 Å². The summed E-state index contributed by atoms with van der Waals surface area (Å²) in [6, 6.07) is 0. The minimum Gasteiger partial charge on any atom is -0.390 e. The maximum atomic E-state index is 3.59. The van der Waals surface area contributed by atoms with E-state index < -0.39 is 0 Å². The zero-order valence-corrected chi connectivity index (χ0v) is 12.0. The highest BCUT2D eigenvalue weighted by Crippen LogP contribution is 2.47. The van der Waals surface area contributed by atoms with Crippen LogP contribution in [0.3, 0.4) is 0 Å². The summed E-state index contributed by atoms with van der Waals surface area (Å²) in [6.07, 6.45) is 5.93. The van der Waals surface area contributed by atoms with Crippen LogP contribution in [0.2, 0.25) is 0 Å². The van der Waals surface area contributed by atoms with Crippen LogP contribution in [0.1, 0.15) is 53.9 Å². The van der Waals surface area contributed by atoms with Gasteiger partial charge in [-0.3, -0.25) is 0 Å². The quantitative estimate of drug-likeness (QED) is 0.651. The first-order valence-corrected chi connectivity index (χ1v) is 6.82. The van der Waals surface area contributed by atoms with Gasteiger partial charge in [-0.05, 0) is 37.4 Å². The zero-order valence-electron chi connectivity index (χ0n) is 12.0. The molecule has 0 bridgehead atoms. The van der Waals surface area contributed by atoms with Crippen molar-refractivity contribution in [1.82, 2.24) is 10.6 Å². The second-order valence-electron chi connectivity index (χ2n) is 3.97. The fourth-order valence-electron chi connectivity index (χ4n) is 1.24. The topological polar surface area (TPSA) is 24.1 Å². The summed E-state index contributed by atoms with van der Waals surface area (Å²) in [5.74, 6) is 0. The molecule has 1 aliphatic rings. The molecule has 0 atom stereocenters. The van der Waals surface area contributed by atoms with E-state index in [2.05, 4.69) is 24.1 Å². The monoisotopic (exact) mass is 228 g/mol. The van der Waals surface area contributed by atoms with E-state index in [-0.39, 0.29) is 0 Å². The van der Waals surface area contributed by atoms with Crippen molar-refractivity contribution in [3.8, 4) is 0 Å². The Kier molecular flexibility index (Phi) is 14.0. The molecular formula is C14H32N2. The van der Waals surface area contributed by atoms with Crippen LogP contribution in [0.5, 0.6) is 0 Å². The van der Waals surface area contributed by atoms with Gasteiger partial charge in [0.1, 0.15) is 0 Å². The Bertz CT molecular complexity index is 140. The maximum absolute atomic E-state index is 3.59. The van der Waals surface area contributed by atoms with Crippen molar-refractivity contribution >= 4 is 0 Å². The van der Waals surface area contributed by atoms with E-state index in [1.54, 1.807) is 6.20 Å². The highest BCUT2D eigenvalue weighted by atomic mass is 14.9. The van der Waals surface area contributed by atoms with Gasteiger partial charge in [-0.1, -0.05) is 41.2 Å². The molecule has 0 saturated heterocycles. The molecule has 2 nitrogen and oxygen atoms in total. The first kappa shape index (κ1) is 17.9. The molecule has 98 valence electrons. The molecule has 1 saturated carbocycles. The molecule has 1 fully saturated rings. The SMILES string of the molecule is C=CNCCNCCC1(C)CC1.CC.CC. The molecule has 0 radical (unpaired) electrons. The molecule has 0 aliphatic heterocycles. The van der Waals surface area contributed by atoms with Crippen molar-refractivity contribution in [2.45, 2.75) is 53.9 Å². The lowest BCUT2D eigenvalue weighted by Crippen LogP contribution is -2.26. The highest BCUT2D eigenvalue weighted by Gasteiger charge is 2.35. The predicted octanol–water partition coefficient (Wildman–Crippen LogP) is 3.55. The minimum absolute atomic E-state index is 0.693. The molecule has 0 aromatic carbocycles. The predicted molar refractivity (Wildman–Crippen MR) is 75.7 cm³/mol. The Morgan fingerprint density at radius 1 is 1.06 bits per heavy atom. The van der Waals surface area contributed by atoms with Crippen molar-refractivity contribution < 1.29 is 0 Å². The Hall–Kier alpha value is -0.500. The van der Waals surface area contributed by atoms with Gasteiger partial charge in [0.2, 0.25) is 0 Å². The Labute approximate surface area is 103 Å². The maximum Gasteiger partial charge on any atom is 0.0266 e. The third-order valence-electron chi connectivity index (χ3n) is 2.60. The number of hydrogen-bond donors (Lipinski definition) is 2. The van der Waals surface area contributed by atoms with E-state index in [9.17, 15) is 0 Å². The molecule has 2 heteroatoms. The summed E-state index contributed by atoms with van der Waals surface area (Å²) >= 11 is 0. The third kappa shape index (κ3) is 11.6. The van der Waals surface area contributed by atoms with E-state index >= 15 is 0 Å². The lowest BCUT2D eigenvalue weighted by molar-refractivity contribution is 0.486. The molecule has 0 aromatic heterocycles. The van der Waals surface area contributed by atoms with E-state index in [0.717, 1.165) is 19.6 Å². The average Bonchev–Trinajstić information content (AvgIpc) is 3.07. The van der Waals surface area contributed by atoms with Crippen LogP contribution in [-0.2, 0) is 0 Å². The number of hydrogen-bond acceptors (Lipinski definition) is 2. The standard InChI is InChI=1S/C10H20N2.2C2H6/c1-3-11-8-9-12-7-6-10(2)4-5-10;2*1-2/h3,11-12H,1,4-9H2,2H3;2*1-2H3. The molecule has 1 aliphatic carbocycles. The summed E-state index contributed by atoms with van der Waals surface area (Å²) in [7, 11) is 0. The second-order valence-corrected chi connectivity index (χ2v) is 3.97. The molecule has 2 N–H and O–H groups in total. The molecule has 0 heterocycles. The minimum atomic E-state index is 0.693. The number of rotatable bonds is 7. The van der Waals surface area contributed by atoms with Crippen LogP contribution < -0.4 is 10.6 Å². The van der Waals surface area contributed by atoms with Gasteiger partial charge < -0.3 is 10.6 Å². The van der Waals surface area contributed by atoms with Crippen LogP contribution in [-0.4, -0.2) is 19.6 Å². The van der Waals surface area contributed by atoms with Crippen LogP contribution in [0.25, 0.3) is 0 Å². The van der Waals surface area contributed by atoms with Crippen LogP contribution in [0.15, 0.2) is 12.8 Å². The van der Waals surface area contributed by atoms with Gasteiger partial charge in [0.25, 0.3) is 0 Å². The van der Waals surface area contributed by atoms with E-state index in [1.165, 1.54) is 19.3 Å². The van der Waals surface area contributed by atoms with Crippen LogP contribution in [0.4, 0.5) is 0 Å². The first-order valence-electron chi connectivity index (χ1n) is 6.82. The van der Waals surface area contributed by atoms with Crippen LogP contribution >= 0.6 is 0 Å². The highest BCUT2D eigenvalue weighted by molar-refractivity contribution is 4.88. The van der Waals surface area contributed by atoms with E-state index in [4.69, 9.17) is 0 Å². The summed E-state index contributed by atoms with van der Waals surface area (Å²) in [5.41, 5.74) is 0.693. The van der Waals surface area contributed by atoms with Crippen LogP contribution in [0, 0.1) is 5.41 Å². The van der Waals surface area contributed by atoms with Crippen molar-refractivity contribution in [2.75, 3.05) is 19.6 Å². The Balaban J connectivity index is 0. The Morgan fingerprint density at radius 3 is 2.06 bits per heavy atom. The van der Waals surface area contributed by atoms with E-state index in [0.29, 0.717) is 5.41 Å². The summed E-state index contributed by atoms with van der Waals surface area (Å²) in [6.45, 7) is 17.2. The molecule has 0 unspecified atom stereocenters. The summed E-state index contributed by atoms with van der Waals surface area (Å²) in [4.78, 5) is 0. The third-order valence-corrected chi connectivity index (χ3v) is 2.60. The van der Waals surface area contributed by atoms with Gasteiger partial charge in [-0.15, -0.1) is 0 Å². The molecule has 16 heavy (non-hydrogen) atoms. The molecule has 1 rings (SSSR count). The van der Waals surface area contributed by atoms with E-state index in [1.807, 2.05) is 27.7 Å². The van der Waals surface area contributed by atoms with Crippen molar-refractivity contribution in [3.05, 3.63) is 12.8 Å². The van der Waals surface area contributed by atoms with Gasteiger partial charge in [0.15, 0.2) is 0 Å². The van der Waals surface area contributed by atoms with Crippen molar-refractivity contribution in [3.63, 3.8) is 0 Å². The average molecular weight is 228 g/mol. The molecular weight excluding hydrogens is 196 g/mol. The first-order chi connectivity index (χ1) is 7.77. The molecule has 0 spiro atoms. The van der Waals surface area contributed by atoms with Gasteiger partial charge in [0.05, 0.1) is 0 Å². The Morgan fingerprint density at radius 2 is 1.62 bits per heavy atom. The van der Waals surface area contributed by atoms with Gasteiger partial charge >= 0.3 is 0 Å². The summed E-state index contributed by atoms with van der Waals surface area (Å²) < 4.78 is 0. The second kappa shape index (κ2) is 12.6. The van der Waals surface area contributed by atoms with Gasteiger partial charge in [-0.25, -0.2) is 0 Å². The largest absolute Gasteiger partial charge is 0.390 e. The smallest absolute Gasteiger partial charge is 0.0266 e. The van der Waals surface area contributed by atoms with Gasteiger partial charge in [-0.2, -0.15) is 0 Å². The lowest BCUT2D eigenvalue weighted by atomic mass is 10.1. The fourth-order valence-corrected chi connectivity index (χ4v) is 1.24. The number of nitrogens with one attached hydrogen (secondary N) is 2. The normalized spacial score (nSPS) is 14.8. The summed E-state index contributed by atoms with van der Waals surface area (Å²) in [5, 5.41) is 6.47. The lowest BCUT2D eigenvalue weighted by Gasteiger charge is -2.08. The fraction of sp³-hybridized carbons (Fsp3) is 0.857. The van der Waals surface area contributed by atoms with Crippen molar-refractivity contribution in [1.29, 1.82) is 0 Å².